The molecule has 0 aliphatic rings. The molecule has 0 aromatic carbocycles. The Morgan fingerprint density at radius 3 is 0.852 bits per heavy atom. The molecule has 0 bridgehead atoms. The average molecular weight is 863 g/mol. The van der Waals surface area contributed by atoms with Gasteiger partial charge in [0.15, 0.2) is 6.10 Å². The van der Waals surface area contributed by atoms with Crippen LogP contribution >= 0.6 is 0 Å². The largest absolute Gasteiger partial charge is 0.462 e. The Morgan fingerprint density at radius 2 is 0.574 bits per heavy atom. The maximum atomic E-state index is 12.8. The number of carbonyl (C=O) groups excluding carboxylic acids is 3. The highest BCUT2D eigenvalue weighted by Gasteiger charge is 2.19. The van der Waals surface area contributed by atoms with Crippen LogP contribution in [0.2, 0.25) is 0 Å². The van der Waals surface area contributed by atoms with Gasteiger partial charge in [-0.05, 0) is 37.0 Å². The van der Waals surface area contributed by atoms with Crippen LogP contribution in [0.3, 0.4) is 0 Å². The van der Waals surface area contributed by atoms with Gasteiger partial charge in [-0.25, -0.2) is 0 Å². The van der Waals surface area contributed by atoms with E-state index in [1.165, 1.54) is 180 Å². The standard InChI is InChI=1S/C55H106O6/c1-7-50(5)42-36-30-24-20-17-18-22-26-34-40-46-55(58)61-52(48-60-54(57)45-39-33-28-27-31-37-43-51(6)8-2)47-59-53(56)44-38-32-25-21-16-14-12-10-9-11-13-15-19-23-29-35-41-49(3)4/h49-52H,7-48H2,1-6H3/t50?,51?,52-/m1/s1. The SMILES string of the molecule is CCC(C)CCCCCCCCCCCCC(=O)O[C@H](COC(=O)CCCCCCCCCCCCCCCCCCC(C)C)COC(=O)CCCCCCCCC(C)CC. The second-order valence-corrected chi connectivity index (χ2v) is 19.8. The molecule has 0 aromatic heterocycles. The summed E-state index contributed by atoms with van der Waals surface area (Å²) >= 11 is 0. The van der Waals surface area contributed by atoms with E-state index in [1.54, 1.807) is 0 Å². The second-order valence-electron chi connectivity index (χ2n) is 19.8. The topological polar surface area (TPSA) is 78.9 Å². The molecule has 61 heavy (non-hydrogen) atoms. The number of carbonyl (C=O) groups is 3. The van der Waals surface area contributed by atoms with Gasteiger partial charge < -0.3 is 14.2 Å². The molecular weight excluding hydrogens is 757 g/mol. The first kappa shape index (κ1) is 59.4. The first-order valence-electron chi connectivity index (χ1n) is 27.2. The Bertz CT molecular complexity index is 949. The normalized spacial score (nSPS) is 13.0. The van der Waals surface area contributed by atoms with Crippen molar-refractivity contribution in [3.63, 3.8) is 0 Å². The van der Waals surface area contributed by atoms with Crippen LogP contribution in [-0.4, -0.2) is 37.2 Å². The highest BCUT2D eigenvalue weighted by Crippen LogP contribution is 2.19. The predicted molar refractivity (Wildman–Crippen MR) is 261 cm³/mol. The smallest absolute Gasteiger partial charge is 0.306 e. The van der Waals surface area contributed by atoms with Crippen LogP contribution in [0, 0.1) is 17.8 Å². The summed E-state index contributed by atoms with van der Waals surface area (Å²) in [5, 5.41) is 0. The van der Waals surface area contributed by atoms with Crippen molar-refractivity contribution in [2.75, 3.05) is 13.2 Å². The van der Waals surface area contributed by atoms with E-state index >= 15 is 0 Å². The van der Waals surface area contributed by atoms with E-state index in [0.29, 0.717) is 19.3 Å². The fourth-order valence-electron chi connectivity index (χ4n) is 8.23. The summed E-state index contributed by atoms with van der Waals surface area (Å²) in [6.07, 6.45) is 46.6. The molecule has 0 aromatic rings. The molecule has 0 spiro atoms. The van der Waals surface area contributed by atoms with E-state index in [9.17, 15) is 14.4 Å². The van der Waals surface area contributed by atoms with E-state index in [4.69, 9.17) is 14.2 Å². The van der Waals surface area contributed by atoms with Gasteiger partial charge in [0.05, 0.1) is 0 Å². The van der Waals surface area contributed by atoms with Crippen LogP contribution in [0.4, 0.5) is 0 Å². The lowest BCUT2D eigenvalue weighted by Crippen LogP contribution is -2.30. The lowest BCUT2D eigenvalue weighted by Gasteiger charge is -2.18. The summed E-state index contributed by atoms with van der Waals surface area (Å²) < 4.78 is 16.8. The summed E-state index contributed by atoms with van der Waals surface area (Å²) in [5.41, 5.74) is 0. The Morgan fingerprint density at radius 1 is 0.328 bits per heavy atom. The molecule has 0 N–H and O–H groups in total. The van der Waals surface area contributed by atoms with Gasteiger partial charge in [0.1, 0.15) is 13.2 Å². The average Bonchev–Trinajstić information content (AvgIpc) is 3.24. The lowest BCUT2D eigenvalue weighted by atomic mass is 9.99. The third-order valence-electron chi connectivity index (χ3n) is 13.1. The molecule has 0 rings (SSSR count). The van der Waals surface area contributed by atoms with E-state index in [2.05, 4.69) is 41.5 Å². The molecule has 0 saturated carbocycles. The van der Waals surface area contributed by atoms with Crippen LogP contribution < -0.4 is 0 Å². The fourth-order valence-corrected chi connectivity index (χ4v) is 8.23. The number of ether oxygens (including phenoxy) is 3. The monoisotopic (exact) mass is 863 g/mol. The van der Waals surface area contributed by atoms with Crippen LogP contribution in [0.15, 0.2) is 0 Å². The maximum Gasteiger partial charge on any atom is 0.306 e. The molecule has 0 aliphatic heterocycles. The molecular formula is C55H106O6. The molecule has 6 heteroatoms. The summed E-state index contributed by atoms with van der Waals surface area (Å²) in [4.78, 5) is 38.0. The molecule has 0 heterocycles. The molecule has 2 unspecified atom stereocenters. The highest BCUT2D eigenvalue weighted by molar-refractivity contribution is 5.71. The van der Waals surface area contributed by atoms with Gasteiger partial charge in [-0.15, -0.1) is 0 Å². The fraction of sp³-hybridized carbons (Fsp3) is 0.945. The predicted octanol–water partition coefficient (Wildman–Crippen LogP) is 17.6. The molecule has 0 fully saturated rings. The summed E-state index contributed by atoms with van der Waals surface area (Å²) in [6, 6.07) is 0. The lowest BCUT2D eigenvalue weighted by molar-refractivity contribution is -0.167. The van der Waals surface area contributed by atoms with E-state index < -0.39 is 6.10 Å². The Labute approximate surface area is 380 Å². The van der Waals surface area contributed by atoms with Crippen molar-refractivity contribution in [1.82, 2.24) is 0 Å². The number of rotatable bonds is 48. The van der Waals surface area contributed by atoms with E-state index in [1.807, 2.05) is 0 Å². The van der Waals surface area contributed by atoms with Gasteiger partial charge >= 0.3 is 17.9 Å². The van der Waals surface area contributed by atoms with Crippen molar-refractivity contribution in [2.45, 2.75) is 304 Å². The molecule has 3 atom stereocenters. The van der Waals surface area contributed by atoms with Gasteiger partial charge in [0.25, 0.3) is 0 Å². The van der Waals surface area contributed by atoms with Gasteiger partial charge in [-0.1, -0.05) is 260 Å². The maximum absolute atomic E-state index is 12.8. The van der Waals surface area contributed by atoms with E-state index in [0.717, 1.165) is 75.5 Å². The first-order chi connectivity index (χ1) is 29.7. The number of unbranched alkanes of at least 4 members (excludes halogenated alkanes) is 29. The highest BCUT2D eigenvalue weighted by atomic mass is 16.6. The van der Waals surface area contributed by atoms with Gasteiger partial charge in [0, 0.05) is 19.3 Å². The summed E-state index contributed by atoms with van der Waals surface area (Å²) in [5.74, 6) is 1.68. The Hall–Kier alpha value is -1.59. The molecule has 0 radical (unpaired) electrons. The van der Waals surface area contributed by atoms with Crippen molar-refractivity contribution >= 4 is 17.9 Å². The van der Waals surface area contributed by atoms with Crippen molar-refractivity contribution in [3.8, 4) is 0 Å². The summed E-state index contributed by atoms with van der Waals surface area (Å²) in [7, 11) is 0. The third-order valence-corrected chi connectivity index (χ3v) is 13.1. The zero-order chi connectivity index (χ0) is 44.9. The second kappa shape index (κ2) is 46.4. The Balaban J connectivity index is 4.26. The van der Waals surface area contributed by atoms with Crippen molar-refractivity contribution in [2.24, 2.45) is 17.8 Å². The quantitative estimate of drug-likeness (QED) is 0.0344. The number of esters is 3. The zero-order valence-corrected chi connectivity index (χ0v) is 42.0. The molecule has 362 valence electrons. The summed E-state index contributed by atoms with van der Waals surface area (Å²) in [6.45, 7) is 13.7. The van der Waals surface area contributed by atoms with Crippen LogP contribution in [-0.2, 0) is 28.6 Å². The third kappa shape index (κ3) is 46.2. The minimum absolute atomic E-state index is 0.0649. The molecule has 0 saturated heterocycles. The van der Waals surface area contributed by atoms with Crippen LogP contribution in [0.5, 0.6) is 0 Å². The van der Waals surface area contributed by atoms with Gasteiger partial charge in [-0.3, -0.25) is 14.4 Å². The van der Waals surface area contributed by atoms with Gasteiger partial charge in [-0.2, -0.15) is 0 Å². The number of hydrogen-bond acceptors (Lipinski definition) is 6. The Kier molecular flexibility index (Phi) is 45.2. The first-order valence-corrected chi connectivity index (χ1v) is 27.2. The number of hydrogen-bond donors (Lipinski definition) is 0. The minimum atomic E-state index is -0.763. The molecule has 6 nitrogen and oxygen atoms in total. The van der Waals surface area contributed by atoms with Crippen LogP contribution in [0.25, 0.3) is 0 Å². The van der Waals surface area contributed by atoms with Crippen molar-refractivity contribution < 1.29 is 28.6 Å². The zero-order valence-electron chi connectivity index (χ0n) is 42.0. The van der Waals surface area contributed by atoms with E-state index in [-0.39, 0.29) is 31.1 Å². The molecule has 0 aliphatic carbocycles. The van der Waals surface area contributed by atoms with Crippen molar-refractivity contribution in [1.29, 1.82) is 0 Å². The molecule has 0 amide bonds. The van der Waals surface area contributed by atoms with Crippen LogP contribution in [0.1, 0.15) is 298 Å². The minimum Gasteiger partial charge on any atom is -0.462 e. The van der Waals surface area contributed by atoms with Gasteiger partial charge in [0.2, 0.25) is 0 Å². The van der Waals surface area contributed by atoms with Crippen molar-refractivity contribution in [3.05, 3.63) is 0 Å².